The van der Waals surface area contributed by atoms with E-state index in [0.29, 0.717) is 17.1 Å². The highest BCUT2D eigenvalue weighted by Crippen LogP contribution is 2.21. The van der Waals surface area contributed by atoms with Gasteiger partial charge in [-0.15, -0.1) is 0 Å². The Kier molecular flexibility index (Phi) is 8.71. The number of rotatable bonds is 3. The Bertz CT molecular complexity index is 784. The molecule has 0 aliphatic carbocycles. The second-order valence-electron chi connectivity index (χ2n) is 9.92. The normalized spacial score (nSPS) is 22.2. The smallest absolute Gasteiger partial charge is 0.420 e. The molecule has 1 aromatic carbocycles. The van der Waals surface area contributed by atoms with Crippen LogP contribution >= 0.6 is 0 Å². The molecule has 0 radical (unpaired) electrons. The van der Waals surface area contributed by atoms with Crippen molar-refractivity contribution in [1.82, 2.24) is 4.90 Å². The molecule has 2 amide bonds. The van der Waals surface area contributed by atoms with Crippen LogP contribution in [0.1, 0.15) is 54.9 Å². The zero-order valence-corrected chi connectivity index (χ0v) is 20.5. The number of esters is 1. The van der Waals surface area contributed by atoms with Crippen LogP contribution in [-0.2, 0) is 23.7 Å². The first-order valence-electron chi connectivity index (χ1n) is 11.0. The van der Waals surface area contributed by atoms with E-state index in [1.54, 1.807) is 48.5 Å². The van der Waals surface area contributed by atoms with E-state index in [9.17, 15) is 14.4 Å². The highest BCUT2D eigenvalue weighted by atomic mass is 16.6. The lowest BCUT2D eigenvalue weighted by Crippen LogP contribution is -2.54. The Hall–Kier alpha value is -2.81. The van der Waals surface area contributed by atoms with Crippen LogP contribution in [0, 0.1) is 0 Å². The van der Waals surface area contributed by atoms with Gasteiger partial charge in [-0.3, -0.25) is 0 Å². The largest absolute Gasteiger partial charge is 0.488 e. The number of hydrogen-bond acceptors (Lipinski definition) is 8. The molecule has 1 saturated heterocycles. The van der Waals surface area contributed by atoms with E-state index < -0.39 is 47.6 Å². The molecular weight excluding hydrogens is 430 g/mol. The summed E-state index contributed by atoms with van der Waals surface area (Å²) in [4.78, 5) is 39.4. The topological polar surface area (TPSA) is 101 Å². The lowest BCUT2D eigenvalue weighted by molar-refractivity contribution is -0.155. The van der Waals surface area contributed by atoms with E-state index in [1.807, 2.05) is 30.3 Å². The van der Waals surface area contributed by atoms with Crippen molar-refractivity contribution in [2.45, 2.75) is 84.3 Å². The number of para-hydroxylation sites is 1. The minimum Gasteiger partial charge on any atom is -0.488 e. The van der Waals surface area contributed by atoms with E-state index in [-0.39, 0.29) is 13.2 Å². The first kappa shape index (κ1) is 26.4. The quantitative estimate of drug-likeness (QED) is 0.480. The molecule has 0 bridgehead atoms. The number of carbonyl (C=O) groups is 3. The van der Waals surface area contributed by atoms with Gasteiger partial charge in [-0.25, -0.2) is 14.4 Å². The third kappa shape index (κ3) is 8.92. The Morgan fingerprint density at radius 2 is 1.48 bits per heavy atom. The van der Waals surface area contributed by atoms with Crippen LogP contribution in [0.3, 0.4) is 0 Å². The number of carbonyl (C=O) groups excluding carboxylic acids is 3. The van der Waals surface area contributed by atoms with Crippen LogP contribution in [0.25, 0.3) is 0 Å². The molecule has 1 aliphatic rings. The van der Waals surface area contributed by atoms with Gasteiger partial charge in [-0.2, -0.15) is 4.90 Å². The van der Waals surface area contributed by atoms with Crippen molar-refractivity contribution in [3.05, 3.63) is 30.3 Å². The van der Waals surface area contributed by atoms with Crippen LogP contribution in [0.15, 0.2) is 30.3 Å². The minimum absolute atomic E-state index is 0.128. The van der Waals surface area contributed by atoms with Crippen LogP contribution < -0.4 is 4.74 Å². The van der Waals surface area contributed by atoms with Gasteiger partial charge in [0.2, 0.25) is 0 Å². The maximum atomic E-state index is 13.0. The first-order chi connectivity index (χ1) is 15.2. The molecule has 2 unspecified atom stereocenters. The van der Waals surface area contributed by atoms with Crippen molar-refractivity contribution in [3.8, 4) is 5.75 Å². The van der Waals surface area contributed by atoms with Crippen molar-refractivity contribution >= 4 is 18.2 Å². The van der Waals surface area contributed by atoms with Crippen molar-refractivity contribution < 1.29 is 38.1 Å². The van der Waals surface area contributed by atoms with Gasteiger partial charge < -0.3 is 23.7 Å². The summed E-state index contributed by atoms with van der Waals surface area (Å²) < 4.78 is 28.0. The molecule has 33 heavy (non-hydrogen) atoms. The fourth-order valence-corrected chi connectivity index (χ4v) is 3.05. The van der Waals surface area contributed by atoms with Gasteiger partial charge >= 0.3 is 18.2 Å². The Morgan fingerprint density at radius 3 is 2.00 bits per heavy atom. The third-order valence-electron chi connectivity index (χ3n) is 4.30. The lowest BCUT2D eigenvalue weighted by atomic mass is 10.2. The van der Waals surface area contributed by atoms with Gasteiger partial charge in [0.1, 0.15) is 29.2 Å². The number of cyclic esters (lactones) is 1. The molecule has 3 atom stereocenters. The molecule has 9 heteroatoms. The van der Waals surface area contributed by atoms with E-state index in [0.717, 1.165) is 0 Å². The molecular formula is C24H35NO8. The van der Waals surface area contributed by atoms with Crippen molar-refractivity contribution in [2.75, 3.05) is 13.2 Å². The monoisotopic (exact) mass is 465 g/mol. The summed E-state index contributed by atoms with van der Waals surface area (Å²) in [7, 11) is 0. The molecule has 1 aliphatic heterocycles. The summed E-state index contributed by atoms with van der Waals surface area (Å²) >= 11 is 0. The summed E-state index contributed by atoms with van der Waals surface area (Å²) in [6, 6.07) is 7.84. The number of benzene rings is 1. The van der Waals surface area contributed by atoms with Gasteiger partial charge in [-0.05, 0) is 60.6 Å². The average molecular weight is 466 g/mol. The minimum atomic E-state index is -1.38. The van der Waals surface area contributed by atoms with E-state index in [4.69, 9.17) is 23.7 Å². The molecule has 1 fully saturated rings. The maximum absolute atomic E-state index is 13.0. The zero-order valence-electron chi connectivity index (χ0n) is 20.5. The predicted molar refractivity (Wildman–Crippen MR) is 120 cm³/mol. The van der Waals surface area contributed by atoms with Crippen LogP contribution in [0.5, 0.6) is 5.75 Å². The van der Waals surface area contributed by atoms with Crippen LogP contribution in [0.2, 0.25) is 0 Å². The maximum Gasteiger partial charge on any atom is 0.420 e. The fraction of sp³-hybridized carbons (Fsp3) is 0.625. The second kappa shape index (κ2) is 10.9. The molecule has 0 aromatic heterocycles. The molecule has 9 nitrogen and oxygen atoms in total. The Labute approximate surface area is 195 Å². The first-order valence-corrected chi connectivity index (χ1v) is 11.0. The van der Waals surface area contributed by atoms with Gasteiger partial charge in [0, 0.05) is 6.42 Å². The molecule has 0 saturated carbocycles. The summed E-state index contributed by atoms with van der Waals surface area (Å²) in [6.45, 7) is 11.5. The van der Waals surface area contributed by atoms with Gasteiger partial charge in [0.25, 0.3) is 0 Å². The van der Waals surface area contributed by atoms with Crippen LogP contribution in [0.4, 0.5) is 9.59 Å². The highest BCUT2D eigenvalue weighted by molar-refractivity contribution is 5.94. The van der Waals surface area contributed by atoms with Crippen molar-refractivity contribution in [1.29, 1.82) is 0 Å². The van der Waals surface area contributed by atoms with Gasteiger partial charge in [0.05, 0.1) is 13.2 Å². The Balaban J connectivity index is 2.25. The molecule has 1 heterocycles. The van der Waals surface area contributed by atoms with E-state index >= 15 is 0 Å². The number of ether oxygens (including phenoxy) is 5. The van der Waals surface area contributed by atoms with Crippen LogP contribution in [-0.4, -0.2) is 65.7 Å². The second-order valence-corrected chi connectivity index (χ2v) is 9.92. The molecule has 184 valence electrons. The summed E-state index contributed by atoms with van der Waals surface area (Å²) in [5, 5.41) is 0. The SMILES string of the molecule is CC1CC(Oc2ccccc2)COC[C@H](N(C(=O)OC(C)(C)C)C(=O)OC(C)(C)C)C(=O)O1. The highest BCUT2D eigenvalue weighted by Gasteiger charge is 2.42. The lowest BCUT2D eigenvalue weighted by Gasteiger charge is -2.32. The summed E-state index contributed by atoms with van der Waals surface area (Å²) in [5.74, 6) is -0.135. The number of imide groups is 1. The molecule has 1 aromatic rings. The summed E-state index contributed by atoms with van der Waals surface area (Å²) in [5.41, 5.74) is -1.80. The number of hydrogen-bond donors (Lipinski definition) is 0. The summed E-state index contributed by atoms with van der Waals surface area (Å²) in [6.07, 6.45) is -2.62. The standard InChI is InChI=1S/C24H35NO8/c1-16-13-18(31-17-11-9-8-10-12-17)14-29-15-19(20(26)30-16)25(21(27)32-23(2,3)4)22(28)33-24(5,6)7/h8-12,16,18-19H,13-15H2,1-7H3/t16?,18?,19-/m0/s1. The van der Waals surface area contributed by atoms with Gasteiger partial charge in [-0.1, -0.05) is 18.2 Å². The van der Waals surface area contributed by atoms with Gasteiger partial charge in [0.15, 0.2) is 6.04 Å². The molecule has 2 rings (SSSR count). The third-order valence-corrected chi connectivity index (χ3v) is 4.30. The van der Waals surface area contributed by atoms with E-state index in [1.165, 1.54) is 0 Å². The molecule has 0 N–H and O–H groups in total. The Morgan fingerprint density at radius 1 is 0.939 bits per heavy atom. The predicted octanol–water partition coefficient (Wildman–Crippen LogP) is 4.33. The number of amides is 2. The fourth-order valence-electron chi connectivity index (χ4n) is 3.05. The van der Waals surface area contributed by atoms with Crippen molar-refractivity contribution in [3.63, 3.8) is 0 Å². The number of nitrogens with zero attached hydrogens (tertiary/aromatic N) is 1. The van der Waals surface area contributed by atoms with Crippen molar-refractivity contribution in [2.24, 2.45) is 0 Å². The van der Waals surface area contributed by atoms with E-state index in [2.05, 4.69) is 0 Å². The molecule has 0 spiro atoms. The zero-order chi connectivity index (χ0) is 24.8. The average Bonchev–Trinajstić information content (AvgIpc) is 2.70.